The second-order valence-corrected chi connectivity index (χ2v) is 11.9. The van der Waals surface area contributed by atoms with Gasteiger partial charge in [-0.1, -0.05) is 20.8 Å². The molecule has 3 aromatic heterocycles. The number of aromatic nitrogens is 6. The van der Waals surface area contributed by atoms with Gasteiger partial charge in [-0.3, -0.25) is 18.4 Å². The van der Waals surface area contributed by atoms with Crippen LogP contribution < -0.4 is 16.3 Å². The van der Waals surface area contributed by atoms with Crippen LogP contribution in [-0.2, 0) is 26.6 Å². The molecule has 5 aromatic rings. The highest BCUT2D eigenvalue weighted by Crippen LogP contribution is 2.39. The van der Waals surface area contributed by atoms with Gasteiger partial charge < -0.3 is 15.7 Å². The summed E-state index contributed by atoms with van der Waals surface area (Å²) in [5.41, 5.74) is 13.1. The van der Waals surface area contributed by atoms with Gasteiger partial charge in [0.15, 0.2) is 0 Å². The molecule has 6 rings (SSSR count). The van der Waals surface area contributed by atoms with E-state index < -0.39 is 5.60 Å². The fraction of sp³-hybridized carbons (Fsp3) is 0.393. The van der Waals surface area contributed by atoms with Crippen molar-refractivity contribution < 1.29 is 5.11 Å². The van der Waals surface area contributed by atoms with Crippen LogP contribution in [0.4, 0.5) is 11.4 Å². The highest BCUT2D eigenvalue weighted by atomic mass is 16.3. The topological polar surface area (TPSA) is 112 Å². The van der Waals surface area contributed by atoms with E-state index in [2.05, 4.69) is 41.4 Å². The first-order valence-corrected chi connectivity index (χ1v) is 12.7. The monoisotopic (exact) mass is 514 g/mol. The normalized spacial score (nSPS) is 15.5. The zero-order valence-corrected chi connectivity index (χ0v) is 22.9. The van der Waals surface area contributed by atoms with Crippen LogP contribution in [0.3, 0.4) is 0 Å². The number of aryl methyl sites for hydroxylation is 3. The Labute approximate surface area is 220 Å². The van der Waals surface area contributed by atoms with Crippen LogP contribution in [0.2, 0.25) is 0 Å². The SMILES string of the molecule is Cn1cc(-c2cc3nc(C(C)(C)C)n(-c4cc(N5CC(C)(O)C5)c5c(c4)n(C)c(=O)n5C)c3cc2N)cn1. The molecule has 4 heterocycles. The summed E-state index contributed by atoms with van der Waals surface area (Å²) in [5.74, 6) is 0.886. The zero-order chi connectivity index (χ0) is 27.3. The number of fused-ring (bicyclic) bond motifs is 2. The number of nitrogens with two attached hydrogens (primary N) is 1. The van der Waals surface area contributed by atoms with Crippen molar-refractivity contribution in [2.45, 2.75) is 38.7 Å². The van der Waals surface area contributed by atoms with E-state index in [9.17, 15) is 9.90 Å². The first-order chi connectivity index (χ1) is 17.7. The van der Waals surface area contributed by atoms with Crippen molar-refractivity contribution in [3.8, 4) is 16.8 Å². The Kier molecular flexibility index (Phi) is 4.94. The molecule has 3 N–H and O–H groups in total. The third-order valence-electron chi connectivity index (χ3n) is 7.50. The number of β-amino-alcohol motifs (C(OH)–C–C–N with tert-alkyl or cyclic N) is 1. The molecule has 0 bridgehead atoms. The van der Waals surface area contributed by atoms with Gasteiger partial charge in [0.05, 0.1) is 45.2 Å². The van der Waals surface area contributed by atoms with Gasteiger partial charge in [-0.25, -0.2) is 9.78 Å². The quantitative estimate of drug-likeness (QED) is 0.358. The van der Waals surface area contributed by atoms with Crippen molar-refractivity contribution in [2.75, 3.05) is 23.7 Å². The maximum atomic E-state index is 13.0. The van der Waals surface area contributed by atoms with Crippen molar-refractivity contribution >= 4 is 33.4 Å². The minimum atomic E-state index is -0.759. The molecule has 0 saturated carbocycles. The molecule has 0 spiro atoms. The van der Waals surface area contributed by atoms with Gasteiger partial charge in [0, 0.05) is 62.7 Å². The summed E-state index contributed by atoms with van der Waals surface area (Å²) in [4.78, 5) is 20.2. The Balaban J connectivity index is 1.65. The second-order valence-electron chi connectivity index (χ2n) is 11.9. The number of imidazole rings is 2. The number of nitrogen functional groups attached to an aromatic ring is 1. The Morgan fingerprint density at radius 2 is 1.74 bits per heavy atom. The molecule has 0 radical (unpaired) electrons. The maximum Gasteiger partial charge on any atom is 0.328 e. The fourth-order valence-electron chi connectivity index (χ4n) is 5.64. The van der Waals surface area contributed by atoms with Crippen LogP contribution >= 0.6 is 0 Å². The van der Waals surface area contributed by atoms with Crippen LogP contribution in [0, 0.1) is 0 Å². The van der Waals surface area contributed by atoms with Crippen molar-refractivity contribution in [3.05, 3.63) is 53.0 Å². The van der Waals surface area contributed by atoms with Gasteiger partial charge in [0.2, 0.25) is 0 Å². The number of aliphatic hydroxyl groups is 1. The smallest absolute Gasteiger partial charge is 0.328 e. The third-order valence-corrected chi connectivity index (χ3v) is 7.50. The van der Waals surface area contributed by atoms with E-state index in [4.69, 9.17) is 10.7 Å². The Bertz CT molecular complexity index is 1800. The molecule has 0 aliphatic carbocycles. The van der Waals surface area contributed by atoms with Crippen molar-refractivity contribution in [1.82, 2.24) is 28.5 Å². The molecular formula is C28H34N8O2. The van der Waals surface area contributed by atoms with E-state index >= 15 is 0 Å². The molecule has 0 amide bonds. The molecule has 0 atom stereocenters. The van der Waals surface area contributed by atoms with Crippen molar-refractivity contribution in [2.24, 2.45) is 21.1 Å². The van der Waals surface area contributed by atoms with Gasteiger partial charge >= 0.3 is 5.69 Å². The predicted molar refractivity (Wildman–Crippen MR) is 151 cm³/mol. The van der Waals surface area contributed by atoms with Gasteiger partial charge in [-0.15, -0.1) is 0 Å². The van der Waals surface area contributed by atoms with Gasteiger partial charge in [-0.05, 0) is 31.2 Å². The number of nitrogens with zero attached hydrogens (tertiary/aromatic N) is 7. The summed E-state index contributed by atoms with van der Waals surface area (Å²) in [6, 6.07) is 8.14. The van der Waals surface area contributed by atoms with E-state index in [-0.39, 0.29) is 11.1 Å². The Hall–Kier alpha value is -4.05. The molecule has 38 heavy (non-hydrogen) atoms. The number of rotatable bonds is 3. The van der Waals surface area contributed by atoms with E-state index in [0.29, 0.717) is 18.8 Å². The van der Waals surface area contributed by atoms with Crippen LogP contribution in [0.5, 0.6) is 0 Å². The van der Waals surface area contributed by atoms with Crippen LogP contribution in [-0.4, -0.2) is 52.3 Å². The lowest BCUT2D eigenvalue weighted by Gasteiger charge is -2.46. The van der Waals surface area contributed by atoms with Gasteiger partial charge in [-0.2, -0.15) is 5.10 Å². The van der Waals surface area contributed by atoms with Crippen LogP contribution in [0.25, 0.3) is 38.9 Å². The molecule has 1 fully saturated rings. The predicted octanol–water partition coefficient (Wildman–Crippen LogP) is 3.07. The summed E-state index contributed by atoms with van der Waals surface area (Å²) in [6.07, 6.45) is 3.74. The summed E-state index contributed by atoms with van der Waals surface area (Å²) >= 11 is 0. The number of benzene rings is 2. The van der Waals surface area contributed by atoms with E-state index in [1.807, 2.05) is 38.4 Å². The first-order valence-electron chi connectivity index (χ1n) is 12.7. The molecule has 198 valence electrons. The highest BCUT2D eigenvalue weighted by Gasteiger charge is 2.38. The molecule has 10 nitrogen and oxygen atoms in total. The first kappa shape index (κ1) is 24.3. The molecule has 1 aliphatic rings. The number of hydrogen-bond acceptors (Lipinski definition) is 6. The van der Waals surface area contributed by atoms with Gasteiger partial charge in [0.25, 0.3) is 0 Å². The van der Waals surface area contributed by atoms with Crippen LogP contribution in [0.15, 0.2) is 41.5 Å². The second kappa shape index (κ2) is 7.73. The van der Waals surface area contributed by atoms with Crippen LogP contribution in [0.1, 0.15) is 33.5 Å². The highest BCUT2D eigenvalue weighted by molar-refractivity contribution is 5.95. The van der Waals surface area contributed by atoms with E-state index in [0.717, 1.165) is 50.4 Å². The minimum Gasteiger partial charge on any atom is -0.398 e. The van der Waals surface area contributed by atoms with E-state index in [1.165, 1.54) is 0 Å². The fourth-order valence-corrected chi connectivity index (χ4v) is 5.64. The standard InChI is InChI=1S/C28H34N8O2/c1-27(2,3)25-31-20-10-18(16-12-30-32(5)13-16)19(29)11-21(20)36(25)17-8-22-24(34(7)26(37)33(22)6)23(9-17)35-14-28(4,38)15-35/h8-13,38H,14-15,29H2,1-7H3. The number of hydrogen-bond donors (Lipinski definition) is 2. The lowest BCUT2D eigenvalue weighted by atomic mass is 9.95. The Morgan fingerprint density at radius 1 is 1.03 bits per heavy atom. The van der Waals surface area contributed by atoms with Crippen molar-refractivity contribution in [1.29, 1.82) is 0 Å². The molecule has 1 saturated heterocycles. The summed E-state index contributed by atoms with van der Waals surface area (Å²) in [6.45, 7) is 9.24. The molecular weight excluding hydrogens is 480 g/mol. The minimum absolute atomic E-state index is 0.0948. The molecule has 10 heteroatoms. The maximum absolute atomic E-state index is 13.0. The number of anilines is 2. The zero-order valence-electron chi connectivity index (χ0n) is 22.9. The lowest BCUT2D eigenvalue weighted by Crippen LogP contribution is -2.60. The van der Waals surface area contributed by atoms with Crippen molar-refractivity contribution in [3.63, 3.8) is 0 Å². The van der Waals surface area contributed by atoms with E-state index in [1.54, 1.807) is 34.1 Å². The summed E-state index contributed by atoms with van der Waals surface area (Å²) in [7, 11) is 5.46. The third kappa shape index (κ3) is 3.54. The lowest BCUT2D eigenvalue weighted by molar-refractivity contribution is 0.0312. The summed E-state index contributed by atoms with van der Waals surface area (Å²) in [5, 5.41) is 14.8. The summed E-state index contributed by atoms with van der Waals surface area (Å²) < 4.78 is 7.25. The average molecular weight is 515 g/mol. The largest absolute Gasteiger partial charge is 0.398 e. The average Bonchev–Trinajstić information content (AvgIpc) is 3.47. The van der Waals surface area contributed by atoms with Gasteiger partial charge in [0.1, 0.15) is 5.82 Å². The molecule has 1 aliphatic heterocycles. The molecule has 0 unspecified atom stereocenters. The Morgan fingerprint density at radius 3 is 2.34 bits per heavy atom. The molecule has 2 aromatic carbocycles.